The fourth-order valence-corrected chi connectivity index (χ4v) is 2.14. The van der Waals surface area contributed by atoms with Crippen LogP contribution in [0.4, 0.5) is 0 Å². The molecule has 4 nitrogen and oxygen atoms in total. The van der Waals surface area contributed by atoms with Gasteiger partial charge in [0.1, 0.15) is 5.58 Å². The van der Waals surface area contributed by atoms with E-state index in [0.717, 1.165) is 12.0 Å². The van der Waals surface area contributed by atoms with Crippen molar-refractivity contribution in [3.8, 4) is 0 Å². The molecule has 0 aliphatic rings. The van der Waals surface area contributed by atoms with Crippen LogP contribution in [-0.4, -0.2) is 16.9 Å². The van der Waals surface area contributed by atoms with Crippen molar-refractivity contribution in [1.82, 2.24) is 0 Å². The monoisotopic (exact) mass is 272 g/mol. The van der Waals surface area contributed by atoms with Crippen molar-refractivity contribution >= 4 is 22.7 Å². The van der Waals surface area contributed by atoms with E-state index < -0.39 is 5.97 Å². The molecule has 0 aliphatic carbocycles. The number of carbonyl (C=O) groups is 2. The molecule has 0 bridgehead atoms. The van der Waals surface area contributed by atoms with E-state index in [1.807, 2.05) is 6.92 Å². The van der Waals surface area contributed by atoms with Crippen LogP contribution >= 0.6 is 0 Å². The second kappa shape index (κ2) is 5.33. The van der Waals surface area contributed by atoms with Gasteiger partial charge in [-0.05, 0) is 42.7 Å². The van der Waals surface area contributed by atoms with Gasteiger partial charge in [0, 0.05) is 10.9 Å². The molecule has 0 amide bonds. The van der Waals surface area contributed by atoms with Crippen molar-refractivity contribution in [2.75, 3.05) is 0 Å². The molecule has 1 aromatic heterocycles. The molecule has 1 N–H and O–H groups in total. The second-order valence-electron chi connectivity index (χ2n) is 4.80. The van der Waals surface area contributed by atoms with Crippen LogP contribution in [0.1, 0.15) is 46.2 Å². The Morgan fingerprint density at radius 1 is 1.30 bits per heavy atom. The molecule has 0 aliphatic heterocycles. The Balaban J connectivity index is 2.49. The zero-order valence-corrected chi connectivity index (χ0v) is 11.5. The molecule has 0 saturated carbocycles. The summed E-state index contributed by atoms with van der Waals surface area (Å²) in [5, 5.41) is 9.53. The van der Waals surface area contributed by atoms with Crippen molar-refractivity contribution in [2.24, 2.45) is 0 Å². The number of aromatic carboxylic acids is 1. The molecule has 0 saturated heterocycles. The Kier molecular flexibility index (Phi) is 3.74. The number of carbonyl (C=O) groups excluding carboxylic acids is 1. The molecule has 1 aromatic carbocycles. The lowest BCUT2D eigenvalue weighted by Crippen LogP contribution is -2.04. The first kappa shape index (κ1) is 14.1. The minimum Gasteiger partial charge on any atom is -0.475 e. The Morgan fingerprint density at radius 2 is 2.00 bits per heavy atom. The smallest absolute Gasteiger partial charge is 0.371 e. The van der Waals surface area contributed by atoms with Crippen LogP contribution in [0.3, 0.4) is 0 Å². The van der Waals surface area contributed by atoms with E-state index in [0.29, 0.717) is 28.5 Å². The predicted octanol–water partition coefficient (Wildman–Crippen LogP) is 3.98. The number of Topliss-reactive ketones (excluding diaryl/α,β-unsaturated/α-hetero) is 1. The molecule has 0 atom stereocenters. The van der Waals surface area contributed by atoms with Gasteiger partial charge in [0.05, 0.1) is 0 Å². The maximum Gasteiger partial charge on any atom is 0.371 e. The zero-order valence-electron chi connectivity index (χ0n) is 11.5. The van der Waals surface area contributed by atoms with Crippen LogP contribution in [0.15, 0.2) is 34.8 Å². The van der Waals surface area contributed by atoms with Crippen molar-refractivity contribution in [1.29, 1.82) is 0 Å². The standard InChI is InChI=1S/C16H16O4/c1-4-5-9(2)15(17)12-7-11-8-14(16(18)19)20-13(11)6-10(12)3/h6-8H,2,4-5H2,1,3H3,(H,18,19). The largest absolute Gasteiger partial charge is 0.475 e. The topological polar surface area (TPSA) is 67.5 Å². The number of fused-ring (bicyclic) bond motifs is 1. The van der Waals surface area contributed by atoms with Crippen LogP contribution in [-0.2, 0) is 0 Å². The zero-order chi connectivity index (χ0) is 14.9. The highest BCUT2D eigenvalue weighted by Crippen LogP contribution is 2.25. The van der Waals surface area contributed by atoms with E-state index in [9.17, 15) is 9.59 Å². The number of benzene rings is 1. The summed E-state index contributed by atoms with van der Waals surface area (Å²) in [5.74, 6) is -1.34. The summed E-state index contributed by atoms with van der Waals surface area (Å²) in [5.41, 5.74) is 2.34. The van der Waals surface area contributed by atoms with E-state index >= 15 is 0 Å². The summed E-state index contributed by atoms with van der Waals surface area (Å²) in [7, 11) is 0. The van der Waals surface area contributed by atoms with Gasteiger partial charge in [0.25, 0.3) is 0 Å². The third-order valence-corrected chi connectivity index (χ3v) is 3.19. The quantitative estimate of drug-likeness (QED) is 0.660. The summed E-state index contributed by atoms with van der Waals surface area (Å²) in [6.45, 7) is 7.60. The lowest BCUT2D eigenvalue weighted by molar-refractivity contribution is 0.0665. The van der Waals surface area contributed by atoms with E-state index in [2.05, 4.69) is 6.58 Å². The molecular formula is C16H16O4. The summed E-state index contributed by atoms with van der Waals surface area (Å²) in [4.78, 5) is 23.2. The van der Waals surface area contributed by atoms with Gasteiger partial charge in [-0.25, -0.2) is 4.79 Å². The summed E-state index contributed by atoms with van der Waals surface area (Å²) >= 11 is 0. The lowest BCUT2D eigenvalue weighted by atomic mass is 9.96. The number of rotatable bonds is 5. The Hall–Kier alpha value is -2.36. The van der Waals surface area contributed by atoms with E-state index in [-0.39, 0.29) is 11.5 Å². The van der Waals surface area contributed by atoms with Crippen LogP contribution in [0.25, 0.3) is 11.0 Å². The Bertz CT molecular complexity index is 707. The molecule has 1 heterocycles. The number of carboxylic acid groups (broad SMARTS) is 1. The fraction of sp³-hybridized carbons (Fsp3) is 0.250. The van der Waals surface area contributed by atoms with Gasteiger partial charge in [-0.15, -0.1) is 0 Å². The molecule has 0 spiro atoms. The molecule has 0 unspecified atom stereocenters. The van der Waals surface area contributed by atoms with E-state index in [1.165, 1.54) is 6.07 Å². The number of hydrogen-bond acceptors (Lipinski definition) is 3. The maximum atomic E-state index is 12.3. The number of hydrogen-bond donors (Lipinski definition) is 1. The van der Waals surface area contributed by atoms with Crippen molar-refractivity contribution in [3.05, 3.63) is 47.2 Å². The average molecular weight is 272 g/mol. The third-order valence-electron chi connectivity index (χ3n) is 3.19. The lowest BCUT2D eigenvalue weighted by Gasteiger charge is -2.06. The first-order valence-corrected chi connectivity index (χ1v) is 6.44. The summed E-state index contributed by atoms with van der Waals surface area (Å²) in [6, 6.07) is 4.79. The fourth-order valence-electron chi connectivity index (χ4n) is 2.14. The van der Waals surface area contributed by atoms with Gasteiger partial charge in [-0.3, -0.25) is 4.79 Å². The summed E-state index contributed by atoms with van der Waals surface area (Å²) in [6.07, 6.45) is 1.52. The first-order valence-electron chi connectivity index (χ1n) is 6.44. The van der Waals surface area contributed by atoms with Gasteiger partial charge in [0.2, 0.25) is 5.76 Å². The van der Waals surface area contributed by atoms with Gasteiger partial charge in [-0.2, -0.15) is 0 Å². The molecular weight excluding hydrogens is 256 g/mol. The number of ketones is 1. The van der Waals surface area contributed by atoms with Crippen LogP contribution in [0.5, 0.6) is 0 Å². The number of aryl methyl sites for hydroxylation is 1. The minimum atomic E-state index is -1.12. The van der Waals surface area contributed by atoms with Crippen LogP contribution in [0, 0.1) is 6.92 Å². The van der Waals surface area contributed by atoms with Crippen molar-refractivity contribution in [2.45, 2.75) is 26.7 Å². The molecule has 0 fully saturated rings. The summed E-state index contributed by atoms with van der Waals surface area (Å²) < 4.78 is 5.22. The average Bonchev–Trinajstić information content (AvgIpc) is 2.80. The molecule has 4 heteroatoms. The van der Waals surface area contributed by atoms with Crippen molar-refractivity contribution < 1.29 is 19.1 Å². The molecule has 2 aromatic rings. The van der Waals surface area contributed by atoms with Gasteiger partial charge in [-0.1, -0.05) is 19.9 Å². The Labute approximate surface area is 116 Å². The Morgan fingerprint density at radius 3 is 2.60 bits per heavy atom. The first-order chi connectivity index (χ1) is 9.43. The minimum absolute atomic E-state index is 0.0932. The second-order valence-corrected chi connectivity index (χ2v) is 4.80. The number of furan rings is 1. The van der Waals surface area contributed by atoms with E-state index in [4.69, 9.17) is 9.52 Å². The van der Waals surface area contributed by atoms with Crippen LogP contribution in [0.2, 0.25) is 0 Å². The molecule has 0 radical (unpaired) electrons. The normalized spacial score (nSPS) is 10.7. The van der Waals surface area contributed by atoms with E-state index in [1.54, 1.807) is 19.1 Å². The predicted molar refractivity (Wildman–Crippen MR) is 76.3 cm³/mol. The number of allylic oxidation sites excluding steroid dienone is 1. The van der Waals surface area contributed by atoms with Gasteiger partial charge >= 0.3 is 5.97 Å². The highest BCUT2D eigenvalue weighted by atomic mass is 16.4. The van der Waals surface area contributed by atoms with Crippen LogP contribution < -0.4 is 0 Å². The number of carboxylic acids is 1. The van der Waals surface area contributed by atoms with Crippen molar-refractivity contribution in [3.63, 3.8) is 0 Å². The molecule has 2 rings (SSSR count). The highest BCUT2D eigenvalue weighted by molar-refractivity contribution is 6.11. The van der Waals surface area contributed by atoms with Gasteiger partial charge in [0.15, 0.2) is 5.78 Å². The molecule has 104 valence electrons. The maximum absolute atomic E-state index is 12.3. The third kappa shape index (κ3) is 2.50. The molecule has 20 heavy (non-hydrogen) atoms. The van der Waals surface area contributed by atoms with Gasteiger partial charge < -0.3 is 9.52 Å². The highest BCUT2D eigenvalue weighted by Gasteiger charge is 2.16. The SMILES string of the molecule is C=C(CCC)C(=O)c1cc2cc(C(=O)O)oc2cc1C.